The van der Waals surface area contributed by atoms with Gasteiger partial charge in [-0.3, -0.25) is 0 Å². The molecule has 0 radical (unpaired) electrons. The molecule has 82 valence electrons. The predicted octanol–water partition coefficient (Wildman–Crippen LogP) is 3.06. The van der Waals surface area contributed by atoms with Crippen LogP contribution in [0.4, 0.5) is 0 Å². The van der Waals surface area contributed by atoms with Crippen molar-refractivity contribution in [1.29, 1.82) is 0 Å². The molecule has 1 N–H and O–H groups in total. The lowest BCUT2D eigenvalue weighted by molar-refractivity contribution is 0.332. The number of hydrogen-bond acceptors (Lipinski definition) is 1. The van der Waals surface area contributed by atoms with E-state index < -0.39 is 0 Å². The second-order valence-electron chi connectivity index (χ2n) is 5.78. The fourth-order valence-corrected chi connectivity index (χ4v) is 2.32. The van der Waals surface area contributed by atoms with E-state index in [2.05, 4.69) is 26.1 Å². The van der Waals surface area contributed by atoms with Crippen molar-refractivity contribution in [1.82, 2.24) is 5.32 Å². The van der Waals surface area contributed by atoms with Crippen molar-refractivity contribution >= 4 is 0 Å². The van der Waals surface area contributed by atoms with Crippen molar-refractivity contribution < 1.29 is 0 Å². The van der Waals surface area contributed by atoms with Gasteiger partial charge in [0.25, 0.3) is 0 Å². The van der Waals surface area contributed by atoms with E-state index in [0.717, 1.165) is 23.7 Å². The molecule has 0 spiro atoms. The molecule has 0 saturated heterocycles. The predicted molar refractivity (Wildman–Crippen MR) is 61.2 cm³/mol. The summed E-state index contributed by atoms with van der Waals surface area (Å²) in [5.74, 6) is 3.98. The van der Waals surface area contributed by atoms with Crippen molar-refractivity contribution in [3.8, 4) is 0 Å². The third kappa shape index (κ3) is 2.73. The van der Waals surface area contributed by atoms with Gasteiger partial charge >= 0.3 is 0 Å². The molecule has 0 heterocycles. The highest BCUT2D eigenvalue weighted by atomic mass is 14.9. The highest BCUT2D eigenvalue weighted by molar-refractivity contribution is 4.92. The summed E-state index contributed by atoms with van der Waals surface area (Å²) < 4.78 is 0. The Bertz CT molecular complexity index is 168. The summed E-state index contributed by atoms with van der Waals surface area (Å²) in [5, 5.41) is 3.72. The van der Waals surface area contributed by atoms with Gasteiger partial charge in [-0.15, -0.1) is 0 Å². The van der Waals surface area contributed by atoms with Crippen LogP contribution < -0.4 is 5.32 Å². The highest BCUT2D eigenvalue weighted by Crippen LogP contribution is 2.48. The molecule has 2 aliphatic carbocycles. The Hall–Kier alpha value is -0.0400. The van der Waals surface area contributed by atoms with Crippen LogP contribution in [0.5, 0.6) is 0 Å². The summed E-state index contributed by atoms with van der Waals surface area (Å²) in [6, 6.07) is 0.690. The largest absolute Gasteiger partial charge is 0.314 e. The zero-order valence-corrected chi connectivity index (χ0v) is 9.92. The van der Waals surface area contributed by atoms with Gasteiger partial charge in [-0.1, -0.05) is 13.8 Å². The molecule has 0 aromatic carbocycles. The quantitative estimate of drug-likeness (QED) is 0.687. The second-order valence-corrected chi connectivity index (χ2v) is 5.78. The average Bonchev–Trinajstić information content (AvgIpc) is 2.99. The normalized spacial score (nSPS) is 24.6. The lowest BCUT2D eigenvalue weighted by atomic mass is 9.96. The first kappa shape index (κ1) is 10.5. The molecule has 1 nitrogen and oxygen atoms in total. The maximum absolute atomic E-state index is 3.72. The summed E-state index contributed by atoms with van der Waals surface area (Å²) in [7, 11) is 0. The summed E-state index contributed by atoms with van der Waals surface area (Å²) in [4.78, 5) is 0. The molecular weight excluding hydrogens is 170 g/mol. The first-order valence-electron chi connectivity index (χ1n) is 6.42. The first-order valence-corrected chi connectivity index (χ1v) is 6.42. The van der Waals surface area contributed by atoms with E-state index in [1.54, 1.807) is 0 Å². The maximum atomic E-state index is 3.72. The van der Waals surface area contributed by atoms with Gasteiger partial charge in [-0.2, -0.15) is 0 Å². The Labute approximate surface area is 88.7 Å². The van der Waals surface area contributed by atoms with Gasteiger partial charge in [0.2, 0.25) is 0 Å². The number of nitrogens with one attached hydrogen (secondary N) is 1. The Morgan fingerprint density at radius 2 is 1.50 bits per heavy atom. The van der Waals surface area contributed by atoms with Crippen molar-refractivity contribution in [3.05, 3.63) is 0 Å². The molecule has 0 aliphatic heterocycles. The van der Waals surface area contributed by atoms with Crippen LogP contribution >= 0.6 is 0 Å². The maximum Gasteiger partial charge on any atom is 0.00618 e. The minimum Gasteiger partial charge on any atom is -0.314 e. The Morgan fingerprint density at radius 1 is 1.00 bits per heavy atom. The zero-order chi connectivity index (χ0) is 10.1. The standard InChI is InChI=1S/C13H25N/c1-9(2)10(3)14-8-13(11-4-5-11)12-6-7-12/h9-14H,4-8H2,1-3H3. The van der Waals surface area contributed by atoms with E-state index in [9.17, 15) is 0 Å². The molecule has 0 aromatic rings. The summed E-state index contributed by atoms with van der Waals surface area (Å²) in [6.07, 6.45) is 6.05. The second kappa shape index (κ2) is 4.22. The minimum atomic E-state index is 0.690. The van der Waals surface area contributed by atoms with Gasteiger partial charge in [-0.05, 0) is 62.8 Å². The van der Waals surface area contributed by atoms with E-state index in [1.165, 1.54) is 32.2 Å². The molecule has 2 aliphatic rings. The lowest BCUT2D eigenvalue weighted by Gasteiger charge is -2.22. The van der Waals surface area contributed by atoms with Crippen molar-refractivity contribution in [2.75, 3.05) is 6.54 Å². The summed E-state index contributed by atoms with van der Waals surface area (Å²) in [5.41, 5.74) is 0. The first-order chi connectivity index (χ1) is 6.68. The number of rotatable bonds is 6. The molecular formula is C13H25N. The van der Waals surface area contributed by atoms with Crippen LogP contribution in [0, 0.1) is 23.7 Å². The third-order valence-corrected chi connectivity index (χ3v) is 4.13. The van der Waals surface area contributed by atoms with Gasteiger partial charge < -0.3 is 5.32 Å². The van der Waals surface area contributed by atoms with Crippen LogP contribution in [-0.4, -0.2) is 12.6 Å². The number of hydrogen-bond donors (Lipinski definition) is 1. The minimum absolute atomic E-state index is 0.690. The van der Waals surface area contributed by atoms with Crippen LogP contribution in [0.15, 0.2) is 0 Å². The van der Waals surface area contributed by atoms with Crippen LogP contribution in [0.2, 0.25) is 0 Å². The summed E-state index contributed by atoms with van der Waals surface area (Å²) >= 11 is 0. The van der Waals surface area contributed by atoms with Crippen LogP contribution in [0.25, 0.3) is 0 Å². The van der Waals surface area contributed by atoms with Crippen molar-refractivity contribution in [2.45, 2.75) is 52.5 Å². The smallest absolute Gasteiger partial charge is 0.00618 e. The topological polar surface area (TPSA) is 12.0 Å². The van der Waals surface area contributed by atoms with E-state index in [-0.39, 0.29) is 0 Å². The molecule has 1 heteroatoms. The van der Waals surface area contributed by atoms with Gasteiger partial charge in [0.15, 0.2) is 0 Å². The Kier molecular flexibility index (Phi) is 3.16. The van der Waals surface area contributed by atoms with E-state index in [4.69, 9.17) is 0 Å². The van der Waals surface area contributed by atoms with E-state index in [1.807, 2.05) is 0 Å². The third-order valence-electron chi connectivity index (χ3n) is 4.13. The average molecular weight is 195 g/mol. The van der Waals surface area contributed by atoms with Crippen LogP contribution in [0.3, 0.4) is 0 Å². The van der Waals surface area contributed by atoms with Crippen LogP contribution in [-0.2, 0) is 0 Å². The fourth-order valence-electron chi connectivity index (χ4n) is 2.32. The Balaban J connectivity index is 1.71. The molecule has 14 heavy (non-hydrogen) atoms. The molecule has 2 rings (SSSR count). The fraction of sp³-hybridized carbons (Fsp3) is 1.00. The van der Waals surface area contributed by atoms with Crippen LogP contribution in [0.1, 0.15) is 46.5 Å². The van der Waals surface area contributed by atoms with Gasteiger partial charge in [0.05, 0.1) is 0 Å². The molecule has 2 saturated carbocycles. The van der Waals surface area contributed by atoms with E-state index >= 15 is 0 Å². The SMILES string of the molecule is CC(C)C(C)NCC(C1CC1)C1CC1. The molecule has 1 atom stereocenters. The summed E-state index contributed by atoms with van der Waals surface area (Å²) in [6.45, 7) is 8.22. The molecule has 0 amide bonds. The molecule has 2 fully saturated rings. The Morgan fingerprint density at radius 3 is 1.86 bits per heavy atom. The molecule has 1 unspecified atom stereocenters. The van der Waals surface area contributed by atoms with E-state index in [0.29, 0.717) is 6.04 Å². The highest BCUT2D eigenvalue weighted by Gasteiger charge is 2.41. The zero-order valence-electron chi connectivity index (χ0n) is 9.92. The van der Waals surface area contributed by atoms with Gasteiger partial charge in [-0.25, -0.2) is 0 Å². The van der Waals surface area contributed by atoms with Gasteiger partial charge in [0, 0.05) is 6.04 Å². The molecule has 0 aromatic heterocycles. The monoisotopic (exact) mass is 195 g/mol. The van der Waals surface area contributed by atoms with Crippen molar-refractivity contribution in [3.63, 3.8) is 0 Å². The van der Waals surface area contributed by atoms with Gasteiger partial charge in [0.1, 0.15) is 0 Å². The van der Waals surface area contributed by atoms with Crippen molar-refractivity contribution in [2.24, 2.45) is 23.7 Å². The lowest BCUT2D eigenvalue weighted by Crippen LogP contribution is -2.36. The molecule has 0 bridgehead atoms.